The normalized spacial score (nSPS) is 11.0. The Labute approximate surface area is 95.2 Å². The molecular formula is C11H18N2O3. The van der Waals surface area contributed by atoms with Crippen LogP contribution in [0.5, 0.6) is 0 Å². The van der Waals surface area contributed by atoms with E-state index in [2.05, 4.69) is 10.1 Å². The fourth-order valence-corrected chi connectivity index (χ4v) is 1.35. The smallest absolute Gasteiger partial charge is 0.234 e. The highest BCUT2D eigenvalue weighted by atomic mass is 16.5. The van der Waals surface area contributed by atoms with Gasteiger partial charge < -0.3 is 9.26 Å². The van der Waals surface area contributed by atoms with Gasteiger partial charge in [-0.1, -0.05) is 19.0 Å². The SMILES string of the molecule is COCCc1noc(CC(=O)CC(C)C)n1. The third-order valence-electron chi connectivity index (χ3n) is 2.02. The number of Topliss-reactive ketones (excluding diaryl/α,β-unsaturated/α-hetero) is 1. The molecule has 0 N–H and O–H groups in total. The number of nitrogens with zero attached hydrogens (tertiary/aromatic N) is 2. The lowest BCUT2D eigenvalue weighted by atomic mass is 10.1. The van der Waals surface area contributed by atoms with Crippen LogP contribution in [0.15, 0.2) is 4.52 Å². The topological polar surface area (TPSA) is 65.2 Å². The van der Waals surface area contributed by atoms with Crippen LogP contribution < -0.4 is 0 Å². The van der Waals surface area contributed by atoms with Gasteiger partial charge in [0.15, 0.2) is 5.82 Å². The largest absolute Gasteiger partial charge is 0.384 e. The Kier molecular flexibility index (Phi) is 5.11. The highest BCUT2D eigenvalue weighted by Crippen LogP contribution is 2.06. The molecule has 0 saturated carbocycles. The van der Waals surface area contributed by atoms with E-state index < -0.39 is 0 Å². The van der Waals surface area contributed by atoms with E-state index in [1.165, 1.54) is 0 Å². The van der Waals surface area contributed by atoms with Crippen LogP contribution in [0, 0.1) is 5.92 Å². The average Bonchev–Trinajstić information content (AvgIpc) is 2.61. The van der Waals surface area contributed by atoms with Crippen molar-refractivity contribution in [1.82, 2.24) is 10.1 Å². The first-order valence-corrected chi connectivity index (χ1v) is 5.44. The second-order valence-electron chi connectivity index (χ2n) is 4.16. The number of ketones is 1. The minimum atomic E-state index is 0.136. The molecule has 0 aliphatic heterocycles. The molecule has 0 radical (unpaired) electrons. The van der Waals surface area contributed by atoms with E-state index in [-0.39, 0.29) is 12.2 Å². The quantitative estimate of drug-likeness (QED) is 0.703. The summed E-state index contributed by atoms with van der Waals surface area (Å²) >= 11 is 0. The van der Waals surface area contributed by atoms with Crippen LogP contribution in [0.25, 0.3) is 0 Å². The van der Waals surface area contributed by atoms with E-state index in [1.807, 2.05) is 13.8 Å². The van der Waals surface area contributed by atoms with Crippen molar-refractivity contribution in [3.63, 3.8) is 0 Å². The van der Waals surface area contributed by atoms with Crippen molar-refractivity contribution in [3.05, 3.63) is 11.7 Å². The van der Waals surface area contributed by atoms with Gasteiger partial charge in [-0.3, -0.25) is 4.79 Å². The highest BCUT2D eigenvalue weighted by Gasteiger charge is 2.12. The van der Waals surface area contributed by atoms with Crippen LogP contribution in [0.4, 0.5) is 0 Å². The number of aromatic nitrogens is 2. The zero-order valence-corrected chi connectivity index (χ0v) is 10.0. The van der Waals surface area contributed by atoms with Crippen molar-refractivity contribution < 1.29 is 14.1 Å². The summed E-state index contributed by atoms with van der Waals surface area (Å²) in [5.41, 5.74) is 0. The summed E-state index contributed by atoms with van der Waals surface area (Å²) in [6.45, 7) is 4.57. The van der Waals surface area contributed by atoms with Gasteiger partial charge in [0.2, 0.25) is 5.89 Å². The molecule has 1 heterocycles. The van der Waals surface area contributed by atoms with Crippen LogP contribution in [0.3, 0.4) is 0 Å². The van der Waals surface area contributed by atoms with Gasteiger partial charge in [0.05, 0.1) is 13.0 Å². The minimum Gasteiger partial charge on any atom is -0.384 e. The Hall–Kier alpha value is -1.23. The van der Waals surface area contributed by atoms with Gasteiger partial charge in [-0.25, -0.2) is 0 Å². The van der Waals surface area contributed by atoms with Gasteiger partial charge in [-0.05, 0) is 5.92 Å². The van der Waals surface area contributed by atoms with Gasteiger partial charge in [-0.15, -0.1) is 0 Å². The van der Waals surface area contributed by atoms with E-state index >= 15 is 0 Å². The van der Waals surface area contributed by atoms with Crippen molar-refractivity contribution in [1.29, 1.82) is 0 Å². The van der Waals surface area contributed by atoms with Crippen LogP contribution in [0.1, 0.15) is 32.0 Å². The van der Waals surface area contributed by atoms with Crippen LogP contribution in [-0.2, 0) is 22.4 Å². The molecule has 0 saturated heterocycles. The first-order chi connectivity index (χ1) is 7.61. The summed E-state index contributed by atoms with van der Waals surface area (Å²) in [5, 5.41) is 3.77. The summed E-state index contributed by atoms with van der Waals surface area (Å²) in [5.74, 6) is 1.49. The maximum Gasteiger partial charge on any atom is 0.234 e. The summed E-state index contributed by atoms with van der Waals surface area (Å²) in [4.78, 5) is 15.6. The van der Waals surface area contributed by atoms with Crippen LogP contribution in [0.2, 0.25) is 0 Å². The van der Waals surface area contributed by atoms with E-state index in [9.17, 15) is 4.79 Å². The fraction of sp³-hybridized carbons (Fsp3) is 0.727. The maximum atomic E-state index is 11.5. The average molecular weight is 226 g/mol. The Balaban J connectivity index is 2.42. The number of carbonyl (C=O) groups is 1. The molecule has 16 heavy (non-hydrogen) atoms. The summed E-state index contributed by atoms with van der Waals surface area (Å²) in [6, 6.07) is 0. The zero-order valence-electron chi connectivity index (χ0n) is 10.0. The number of ether oxygens (including phenoxy) is 1. The van der Waals surface area contributed by atoms with Crippen LogP contribution in [-0.4, -0.2) is 29.6 Å². The van der Waals surface area contributed by atoms with Gasteiger partial charge in [0.1, 0.15) is 5.78 Å². The minimum absolute atomic E-state index is 0.136. The molecule has 1 rings (SSSR count). The molecule has 1 aromatic heterocycles. The predicted molar refractivity (Wildman–Crippen MR) is 58.0 cm³/mol. The third-order valence-corrected chi connectivity index (χ3v) is 2.02. The maximum absolute atomic E-state index is 11.5. The molecule has 0 unspecified atom stereocenters. The van der Waals surface area contributed by atoms with E-state index in [4.69, 9.17) is 9.26 Å². The van der Waals surface area contributed by atoms with Crippen molar-refractivity contribution in [3.8, 4) is 0 Å². The first kappa shape index (κ1) is 12.8. The molecule has 0 atom stereocenters. The van der Waals surface area contributed by atoms with Gasteiger partial charge in [-0.2, -0.15) is 4.98 Å². The lowest BCUT2D eigenvalue weighted by Crippen LogP contribution is -2.06. The van der Waals surface area contributed by atoms with E-state index in [0.717, 1.165) is 0 Å². The zero-order chi connectivity index (χ0) is 12.0. The Morgan fingerprint density at radius 3 is 2.88 bits per heavy atom. The number of rotatable bonds is 7. The number of carbonyl (C=O) groups excluding carboxylic acids is 1. The molecule has 0 amide bonds. The highest BCUT2D eigenvalue weighted by molar-refractivity contribution is 5.80. The van der Waals surface area contributed by atoms with Gasteiger partial charge in [0, 0.05) is 20.0 Å². The molecule has 0 fully saturated rings. The van der Waals surface area contributed by atoms with Crippen molar-refractivity contribution in [2.24, 2.45) is 5.92 Å². The third kappa shape index (κ3) is 4.53. The number of hydrogen-bond acceptors (Lipinski definition) is 5. The number of hydrogen-bond donors (Lipinski definition) is 0. The van der Waals surface area contributed by atoms with E-state index in [1.54, 1.807) is 7.11 Å². The molecule has 5 heteroatoms. The Bertz CT molecular complexity index is 334. The molecule has 0 aromatic carbocycles. The Morgan fingerprint density at radius 2 is 2.25 bits per heavy atom. The van der Waals surface area contributed by atoms with E-state index in [0.29, 0.717) is 37.1 Å². The van der Waals surface area contributed by atoms with Gasteiger partial charge in [0.25, 0.3) is 0 Å². The lowest BCUT2D eigenvalue weighted by molar-refractivity contribution is -0.119. The van der Waals surface area contributed by atoms with Crippen molar-refractivity contribution in [2.45, 2.75) is 33.1 Å². The molecule has 0 spiro atoms. The molecular weight excluding hydrogens is 208 g/mol. The molecule has 0 aliphatic rings. The first-order valence-electron chi connectivity index (χ1n) is 5.44. The molecule has 0 aliphatic carbocycles. The number of methoxy groups -OCH3 is 1. The Morgan fingerprint density at radius 1 is 1.50 bits per heavy atom. The second kappa shape index (κ2) is 6.37. The van der Waals surface area contributed by atoms with Crippen molar-refractivity contribution >= 4 is 5.78 Å². The summed E-state index contributed by atoms with van der Waals surface area (Å²) in [6.07, 6.45) is 1.40. The van der Waals surface area contributed by atoms with Crippen LogP contribution >= 0.6 is 0 Å². The molecule has 0 bridgehead atoms. The predicted octanol–water partition coefficient (Wildman–Crippen LogP) is 1.42. The molecule has 90 valence electrons. The van der Waals surface area contributed by atoms with Gasteiger partial charge >= 0.3 is 0 Å². The standard InChI is InChI=1S/C11H18N2O3/c1-8(2)6-9(14)7-11-12-10(13-16-11)4-5-15-3/h8H,4-7H2,1-3H3. The monoisotopic (exact) mass is 226 g/mol. The molecule has 5 nitrogen and oxygen atoms in total. The fourth-order valence-electron chi connectivity index (χ4n) is 1.35. The molecule has 1 aromatic rings. The second-order valence-corrected chi connectivity index (χ2v) is 4.16. The lowest BCUT2D eigenvalue weighted by Gasteiger charge is -2.00. The summed E-state index contributed by atoms with van der Waals surface area (Å²) in [7, 11) is 1.62. The summed E-state index contributed by atoms with van der Waals surface area (Å²) < 4.78 is 9.88. The van der Waals surface area contributed by atoms with Crippen molar-refractivity contribution in [2.75, 3.05) is 13.7 Å².